The smallest absolute Gasteiger partial charge is 0.136 e. The van der Waals surface area contributed by atoms with Crippen LogP contribution in [0.5, 0.6) is 0 Å². The van der Waals surface area contributed by atoms with Crippen molar-refractivity contribution >= 4 is 0 Å². The summed E-state index contributed by atoms with van der Waals surface area (Å²) in [6.07, 6.45) is 7.79. The Morgan fingerprint density at radius 1 is 0.760 bits per heavy atom. The van der Waals surface area contributed by atoms with E-state index in [0.717, 1.165) is 11.1 Å². The van der Waals surface area contributed by atoms with Gasteiger partial charge in [0.15, 0.2) is 0 Å². The number of furan rings is 1. The van der Waals surface area contributed by atoms with Gasteiger partial charge in [0.05, 0.1) is 0 Å². The minimum Gasteiger partial charge on any atom is -0.460 e. The highest BCUT2D eigenvalue weighted by Crippen LogP contribution is 2.33. The van der Waals surface area contributed by atoms with Crippen molar-refractivity contribution in [1.29, 1.82) is 0 Å². The molecule has 3 heteroatoms. The van der Waals surface area contributed by atoms with Crippen LogP contribution < -0.4 is 0 Å². The molecule has 2 unspecified atom stereocenters. The monoisotopic (exact) mass is 348 g/mol. The van der Waals surface area contributed by atoms with Gasteiger partial charge in [-0.25, -0.2) is 0 Å². The SMILES string of the molecule is Cc1c(C(O)C/C=C/C(C)(C)C)oc(C(O)C/C=C/C(C)(C)C)c1C. The minimum atomic E-state index is -0.691. The summed E-state index contributed by atoms with van der Waals surface area (Å²) in [6, 6.07) is 0. The van der Waals surface area contributed by atoms with Crippen molar-refractivity contribution in [2.24, 2.45) is 10.8 Å². The molecule has 0 fully saturated rings. The molecule has 0 radical (unpaired) electrons. The molecule has 1 aromatic heterocycles. The molecule has 2 N–H and O–H groups in total. The largest absolute Gasteiger partial charge is 0.460 e. The Hall–Kier alpha value is -1.32. The molecule has 0 saturated heterocycles. The third-order valence-corrected chi connectivity index (χ3v) is 4.08. The predicted molar refractivity (Wildman–Crippen MR) is 105 cm³/mol. The van der Waals surface area contributed by atoms with Crippen LogP contribution in [0.4, 0.5) is 0 Å². The maximum atomic E-state index is 10.5. The first kappa shape index (κ1) is 21.7. The van der Waals surface area contributed by atoms with Crippen LogP contribution in [-0.4, -0.2) is 10.2 Å². The van der Waals surface area contributed by atoms with Crippen molar-refractivity contribution in [1.82, 2.24) is 0 Å². The van der Waals surface area contributed by atoms with E-state index in [4.69, 9.17) is 4.42 Å². The first-order chi connectivity index (χ1) is 11.3. The Bertz CT molecular complexity index is 554. The maximum absolute atomic E-state index is 10.5. The number of hydrogen-bond donors (Lipinski definition) is 2. The molecule has 0 saturated carbocycles. The maximum Gasteiger partial charge on any atom is 0.136 e. The molecule has 1 rings (SSSR count). The van der Waals surface area contributed by atoms with Crippen molar-refractivity contribution in [2.75, 3.05) is 0 Å². The van der Waals surface area contributed by atoms with Gasteiger partial charge in [-0.3, -0.25) is 0 Å². The van der Waals surface area contributed by atoms with Crippen LogP contribution >= 0.6 is 0 Å². The molecular weight excluding hydrogens is 312 g/mol. The van der Waals surface area contributed by atoms with Gasteiger partial charge in [0.1, 0.15) is 23.7 Å². The quantitative estimate of drug-likeness (QED) is 0.625. The van der Waals surface area contributed by atoms with Crippen LogP contribution in [0.3, 0.4) is 0 Å². The van der Waals surface area contributed by atoms with Crippen LogP contribution in [0.25, 0.3) is 0 Å². The highest BCUT2D eigenvalue weighted by Gasteiger charge is 2.23. The highest BCUT2D eigenvalue weighted by atomic mass is 16.4. The first-order valence-electron chi connectivity index (χ1n) is 9.13. The van der Waals surface area contributed by atoms with Gasteiger partial charge in [-0.15, -0.1) is 0 Å². The average molecular weight is 349 g/mol. The zero-order valence-corrected chi connectivity index (χ0v) is 17.2. The van der Waals surface area contributed by atoms with Gasteiger partial charge in [0.2, 0.25) is 0 Å². The van der Waals surface area contributed by atoms with Crippen LogP contribution in [0.15, 0.2) is 28.7 Å². The van der Waals surface area contributed by atoms with E-state index in [1.165, 1.54) is 0 Å². The molecular formula is C22H36O3. The fourth-order valence-corrected chi connectivity index (χ4v) is 2.59. The molecule has 142 valence electrons. The summed E-state index contributed by atoms with van der Waals surface area (Å²) in [5, 5.41) is 20.9. The van der Waals surface area contributed by atoms with E-state index in [2.05, 4.69) is 53.7 Å². The van der Waals surface area contributed by atoms with E-state index in [1.54, 1.807) is 0 Å². The Labute approximate surface area is 153 Å². The first-order valence-corrected chi connectivity index (χ1v) is 9.13. The van der Waals surface area contributed by atoms with Crippen molar-refractivity contribution in [3.05, 3.63) is 47.0 Å². The van der Waals surface area contributed by atoms with Gasteiger partial charge in [-0.2, -0.15) is 0 Å². The fourth-order valence-electron chi connectivity index (χ4n) is 2.59. The Balaban J connectivity index is 2.87. The van der Waals surface area contributed by atoms with Crippen LogP contribution in [0.1, 0.15) is 89.2 Å². The normalized spacial score (nSPS) is 16.1. The van der Waals surface area contributed by atoms with Gasteiger partial charge in [0, 0.05) is 0 Å². The lowest BCUT2D eigenvalue weighted by Crippen LogP contribution is -2.01. The molecule has 0 aliphatic heterocycles. The predicted octanol–water partition coefficient (Wildman–Crippen LogP) is 5.95. The van der Waals surface area contributed by atoms with Gasteiger partial charge in [0.25, 0.3) is 0 Å². The number of aliphatic hydroxyl groups excluding tert-OH is 2. The summed E-state index contributed by atoms with van der Waals surface area (Å²) >= 11 is 0. The Morgan fingerprint density at radius 3 is 1.36 bits per heavy atom. The van der Waals surface area contributed by atoms with Crippen molar-refractivity contribution in [3.8, 4) is 0 Å². The molecule has 0 amide bonds. The Kier molecular flexibility index (Phi) is 7.28. The summed E-state index contributed by atoms with van der Waals surface area (Å²) in [6.45, 7) is 16.6. The Morgan fingerprint density at radius 2 is 1.08 bits per heavy atom. The minimum absolute atomic E-state index is 0.0919. The molecule has 1 aromatic rings. The average Bonchev–Trinajstić information content (AvgIpc) is 2.72. The van der Waals surface area contributed by atoms with Crippen LogP contribution in [0, 0.1) is 24.7 Å². The molecule has 1 heterocycles. The zero-order valence-electron chi connectivity index (χ0n) is 17.2. The topological polar surface area (TPSA) is 53.6 Å². The van der Waals surface area contributed by atoms with E-state index in [1.807, 2.05) is 26.0 Å². The second kappa shape index (κ2) is 8.37. The van der Waals surface area contributed by atoms with E-state index < -0.39 is 12.2 Å². The summed E-state index contributed by atoms with van der Waals surface area (Å²) in [7, 11) is 0. The summed E-state index contributed by atoms with van der Waals surface area (Å²) in [5.74, 6) is 1.12. The lowest BCUT2D eigenvalue weighted by Gasteiger charge is -2.13. The number of hydrogen-bond acceptors (Lipinski definition) is 3. The second-order valence-corrected chi connectivity index (χ2v) is 9.12. The van der Waals surface area contributed by atoms with Crippen LogP contribution in [-0.2, 0) is 0 Å². The van der Waals surface area contributed by atoms with Crippen LogP contribution in [0.2, 0.25) is 0 Å². The molecule has 25 heavy (non-hydrogen) atoms. The van der Waals surface area contributed by atoms with Crippen molar-refractivity contribution < 1.29 is 14.6 Å². The molecule has 3 nitrogen and oxygen atoms in total. The third kappa shape index (κ3) is 7.21. The lowest BCUT2D eigenvalue weighted by atomic mass is 9.95. The fraction of sp³-hybridized carbons (Fsp3) is 0.636. The number of rotatable bonds is 6. The molecule has 2 atom stereocenters. The van der Waals surface area contributed by atoms with E-state index in [-0.39, 0.29) is 10.8 Å². The number of aliphatic hydroxyl groups is 2. The zero-order chi connectivity index (χ0) is 19.4. The van der Waals surface area contributed by atoms with Gasteiger partial charge in [-0.1, -0.05) is 65.8 Å². The van der Waals surface area contributed by atoms with E-state index in [0.29, 0.717) is 24.4 Å². The van der Waals surface area contributed by atoms with E-state index >= 15 is 0 Å². The summed E-state index contributed by atoms with van der Waals surface area (Å²) < 4.78 is 5.87. The van der Waals surface area contributed by atoms with Crippen molar-refractivity contribution in [3.63, 3.8) is 0 Å². The van der Waals surface area contributed by atoms with Gasteiger partial charge in [-0.05, 0) is 48.6 Å². The molecule has 0 aliphatic rings. The summed E-state index contributed by atoms with van der Waals surface area (Å²) in [5.41, 5.74) is 2.03. The summed E-state index contributed by atoms with van der Waals surface area (Å²) in [4.78, 5) is 0. The third-order valence-electron chi connectivity index (χ3n) is 4.08. The lowest BCUT2D eigenvalue weighted by molar-refractivity contribution is 0.123. The highest BCUT2D eigenvalue weighted by molar-refractivity contribution is 5.34. The van der Waals surface area contributed by atoms with Crippen molar-refractivity contribution in [2.45, 2.75) is 80.4 Å². The number of allylic oxidation sites excluding steroid dienone is 2. The van der Waals surface area contributed by atoms with Gasteiger partial charge >= 0.3 is 0 Å². The molecule has 0 aromatic carbocycles. The molecule has 0 spiro atoms. The standard InChI is InChI=1S/C22H36O3/c1-15-16(2)20(18(24)12-10-14-22(6,7)8)25-19(15)17(23)11-9-13-21(3,4)5/h9-10,13-14,17-18,23-24H,11-12H2,1-8H3/b13-9+,14-10+. The second-order valence-electron chi connectivity index (χ2n) is 9.12. The van der Waals surface area contributed by atoms with Gasteiger partial charge < -0.3 is 14.6 Å². The molecule has 0 aliphatic carbocycles. The van der Waals surface area contributed by atoms with E-state index in [9.17, 15) is 10.2 Å². The molecule has 0 bridgehead atoms.